The van der Waals surface area contributed by atoms with Gasteiger partial charge in [0.25, 0.3) is 11.8 Å². The average Bonchev–Trinajstić information content (AvgIpc) is 3.03. The minimum Gasteiger partial charge on any atom is -0.489 e. The Hall–Kier alpha value is -3.39. The molecule has 2 aliphatic rings. The monoisotopic (exact) mass is 487 g/mol. The van der Waals surface area contributed by atoms with Crippen molar-refractivity contribution in [1.82, 2.24) is 0 Å². The van der Waals surface area contributed by atoms with E-state index >= 15 is 0 Å². The molecule has 1 N–H and O–H groups in total. The van der Waals surface area contributed by atoms with Crippen LogP contribution in [0.4, 0.5) is 10.1 Å². The molecule has 2 amide bonds. The van der Waals surface area contributed by atoms with Crippen LogP contribution in [0.2, 0.25) is 5.02 Å². The van der Waals surface area contributed by atoms with Crippen LogP contribution in [0, 0.1) is 5.82 Å². The number of aliphatic carboxylic acids is 1. The van der Waals surface area contributed by atoms with E-state index in [1.807, 2.05) is 0 Å². The molecule has 1 heterocycles. The number of carboxylic acid groups (broad SMARTS) is 1. The lowest BCUT2D eigenvalue weighted by atomic mass is 9.93. The number of hydrogen-bond acceptors (Lipinski definition) is 5. The van der Waals surface area contributed by atoms with Crippen LogP contribution >= 0.6 is 11.6 Å². The van der Waals surface area contributed by atoms with Crippen molar-refractivity contribution in [3.8, 4) is 11.5 Å². The smallest absolute Gasteiger partial charge is 0.347 e. The first-order chi connectivity index (χ1) is 16.1. The molecule has 4 rings (SSSR count). The van der Waals surface area contributed by atoms with Gasteiger partial charge in [0.05, 0.1) is 5.69 Å². The second-order valence-corrected chi connectivity index (χ2v) is 9.12. The molecule has 0 bridgehead atoms. The summed E-state index contributed by atoms with van der Waals surface area (Å²) in [7, 11) is 0. The first kappa shape index (κ1) is 23.8. The largest absolute Gasteiger partial charge is 0.489 e. The molecule has 2 aromatic carbocycles. The summed E-state index contributed by atoms with van der Waals surface area (Å²) in [5, 5.41) is 9.69. The van der Waals surface area contributed by atoms with Crippen LogP contribution in [0.15, 0.2) is 47.5 Å². The number of carboxylic acids is 1. The van der Waals surface area contributed by atoms with E-state index in [0.29, 0.717) is 34.6 Å². The molecule has 0 aromatic heterocycles. The minimum atomic E-state index is -1.50. The molecule has 0 saturated carbocycles. The van der Waals surface area contributed by atoms with Crippen molar-refractivity contribution in [1.29, 1.82) is 0 Å². The second-order valence-electron chi connectivity index (χ2n) is 8.68. The summed E-state index contributed by atoms with van der Waals surface area (Å²) in [4.78, 5) is 37.7. The third kappa shape index (κ3) is 4.50. The van der Waals surface area contributed by atoms with E-state index in [2.05, 4.69) is 0 Å². The van der Waals surface area contributed by atoms with Crippen molar-refractivity contribution in [3.63, 3.8) is 0 Å². The van der Waals surface area contributed by atoms with E-state index < -0.39 is 29.2 Å². The highest BCUT2D eigenvalue weighted by Gasteiger charge is 2.40. The van der Waals surface area contributed by atoms with Crippen molar-refractivity contribution in [3.05, 3.63) is 63.9 Å². The average molecular weight is 488 g/mol. The van der Waals surface area contributed by atoms with Crippen molar-refractivity contribution in [2.45, 2.75) is 51.7 Å². The van der Waals surface area contributed by atoms with Gasteiger partial charge >= 0.3 is 5.97 Å². The summed E-state index contributed by atoms with van der Waals surface area (Å²) in [6, 6.07) is 8.61. The fourth-order valence-electron chi connectivity index (χ4n) is 3.94. The molecule has 178 valence electrons. The molecular formula is C25H23ClFNO6. The van der Waals surface area contributed by atoms with Gasteiger partial charge in [0.1, 0.15) is 18.1 Å². The Bertz CT molecular complexity index is 1190. The summed E-state index contributed by atoms with van der Waals surface area (Å²) in [5.74, 6) is -2.45. The van der Waals surface area contributed by atoms with Crippen molar-refractivity contribution in [2.24, 2.45) is 0 Å². The Kier molecular flexibility index (Phi) is 6.36. The first-order valence-electron chi connectivity index (χ1n) is 10.8. The number of carbonyl (C=O) groups excluding carboxylic acids is 2. The van der Waals surface area contributed by atoms with Crippen molar-refractivity contribution in [2.75, 3.05) is 4.90 Å². The number of benzene rings is 2. The first-order valence-corrected chi connectivity index (χ1v) is 11.2. The highest BCUT2D eigenvalue weighted by atomic mass is 35.5. The van der Waals surface area contributed by atoms with Gasteiger partial charge in [0.15, 0.2) is 11.4 Å². The van der Waals surface area contributed by atoms with Crippen LogP contribution in [0.25, 0.3) is 0 Å². The van der Waals surface area contributed by atoms with E-state index in [0.717, 1.165) is 23.8 Å². The van der Waals surface area contributed by atoms with Crippen LogP contribution in [0.1, 0.15) is 45.1 Å². The Balaban J connectivity index is 1.51. The minimum absolute atomic E-state index is 0.0571. The van der Waals surface area contributed by atoms with Gasteiger partial charge in [0.2, 0.25) is 0 Å². The molecule has 1 aliphatic carbocycles. The topological polar surface area (TPSA) is 93.1 Å². The van der Waals surface area contributed by atoms with Crippen molar-refractivity contribution >= 4 is 35.1 Å². The molecule has 0 fully saturated rings. The van der Waals surface area contributed by atoms with E-state index in [-0.39, 0.29) is 23.8 Å². The Labute approximate surface area is 200 Å². The number of hydrogen-bond donors (Lipinski definition) is 1. The SMILES string of the molecule is CC(C)(Oc1cc(Cl)ccc1COc1ccc(N2C(=O)C3=C(CCCC3)C2=O)c(F)c1)C(=O)O. The molecule has 2 aromatic rings. The van der Waals surface area contributed by atoms with E-state index in [4.69, 9.17) is 21.1 Å². The Morgan fingerprint density at radius 2 is 1.74 bits per heavy atom. The molecule has 0 saturated heterocycles. The van der Waals surface area contributed by atoms with Crippen LogP contribution in [0.3, 0.4) is 0 Å². The molecule has 34 heavy (non-hydrogen) atoms. The van der Waals surface area contributed by atoms with E-state index in [1.54, 1.807) is 12.1 Å². The predicted molar refractivity (Wildman–Crippen MR) is 123 cm³/mol. The zero-order valence-electron chi connectivity index (χ0n) is 18.7. The fraction of sp³-hybridized carbons (Fsp3) is 0.320. The summed E-state index contributed by atoms with van der Waals surface area (Å²) in [6.07, 6.45) is 2.73. The summed E-state index contributed by atoms with van der Waals surface area (Å²) < 4.78 is 26.2. The number of anilines is 1. The quantitative estimate of drug-likeness (QED) is 0.550. The lowest BCUT2D eigenvalue weighted by Gasteiger charge is -2.23. The van der Waals surface area contributed by atoms with Gasteiger partial charge in [-0.05, 0) is 63.8 Å². The number of halogens is 2. The number of ether oxygens (including phenoxy) is 2. The maximum atomic E-state index is 14.9. The molecule has 0 spiro atoms. The molecule has 9 heteroatoms. The molecular weight excluding hydrogens is 465 g/mol. The fourth-order valence-corrected chi connectivity index (χ4v) is 4.10. The third-order valence-electron chi connectivity index (χ3n) is 5.85. The summed E-state index contributed by atoms with van der Waals surface area (Å²) >= 11 is 6.03. The number of rotatable bonds is 7. The second kappa shape index (κ2) is 9.10. The normalized spacial score (nSPS) is 16.1. The molecule has 0 unspecified atom stereocenters. The van der Waals surface area contributed by atoms with Crippen LogP contribution in [-0.2, 0) is 21.0 Å². The molecule has 1 aliphatic heterocycles. The number of carbonyl (C=O) groups is 3. The maximum Gasteiger partial charge on any atom is 0.347 e. The number of amides is 2. The van der Waals surface area contributed by atoms with Crippen molar-refractivity contribution < 1.29 is 33.4 Å². The third-order valence-corrected chi connectivity index (χ3v) is 6.09. The molecule has 7 nitrogen and oxygen atoms in total. The van der Waals surface area contributed by atoms with Gasteiger partial charge in [-0.3, -0.25) is 9.59 Å². The Morgan fingerprint density at radius 3 is 2.32 bits per heavy atom. The number of nitrogens with zero attached hydrogens (tertiary/aromatic N) is 1. The number of imide groups is 1. The van der Waals surface area contributed by atoms with Gasteiger partial charge < -0.3 is 14.6 Å². The summed E-state index contributed by atoms with van der Waals surface area (Å²) in [5.41, 5.74) is -0.152. The van der Waals surface area contributed by atoms with Gasteiger partial charge in [-0.15, -0.1) is 0 Å². The zero-order chi connectivity index (χ0) is 24.6. The Morgan fingerprint density at radius 1 is 1.09 bits per heavy atom. The standard InChI is InChI=1S/C25H23ClFNO6/c1-25(2,24(31)32)34-21-11-15(26)8-7-14(21)13-33-16-9-10-20(19(27)12-16)28-22(29)17-5-3-4-6-18(17)23(28)30/h7-12H,3-6,13H2,1-2H3,(H,31,32). The predicted octanol–water partition coefficient (Wildman–Crippen LogP) is 5.04. The summed E-state index contributed by atoms with van der Waals surface area (Å²) in [6.45, 7) is 2.75. The lowest BCUT2D eigenvalue weighted by molar-refractivity contribution is -0.152. The molecule has 0 atom stereocenters. The van der Waals surface area contributed by atoms with Gasteiger partial charge in [-0.25, -0.2) is 14.1 Å². The van der Waals surface area contributed by atoms with Gasteiger partial charge in [-0.1, -0.05) is 17.7 Å². The zero-order valence-corrected chi connectivity index (χ0v) is 19.4. The highest BCUT2D eigenvalue weighted by molar-refractivity contribution is 6.33. The van der Waals surface area contributed by atoms with Gasteiger partial charge in [-0.2, -0.15) is 0 Å². The lowest BCUT2D eigenvalue weighted by Crippen LogP contribution is -2.38. The van der Waals surface area contributed by atoms with Crippen LogP contribution in [0.5, 0.6) is 11.5 Å². The maximum absolute atomic E-state index is 14.9. The van der Waals surface area contributed by atoms with Crippen LogP contribution in [-0.4, -0.2) is 28.5 Å². The van der Waals surface area contributed by atoms with Gasteiger partial charge in [0, 0.05) is 27.8 Å². The van der Waals surface area contributed by atoms with E-state index in [1.165, 1.54) is 32.0 Å². The van der Waals surface area contributed by atoms with E-state index in [9.17, 15) is 23.9 Å². The highest BCUT2D eigenvalue weighted by Crippen LogP contribution is 2.37. The molecule has 0 radical (unpaired) electrons. The van der Waals surface area contributed by atoms with Crippen LogP contribution < -0.4 is 14.4 Å².